The molecule has 3 aromatic carbocycles. The largest absolute Gasteiger partial charge is 0.454 e. The number of imide groups is 1. The van der Waals surface area contributed by atoms with Gasteiger partial charge in [0.2, 0.25) is 11.8 Å². The number of nitro groups is 1. The minimum absolute atomic E-state index is 0.0665. The van der Waals surface area contributed by atoms with Crippen molar-refractivity contribution in [2.75, 3.05) is 11.5 Å². The van der Waals surface area contributed by atoms with Crippen molar-refractivity contribution in [3.8, 4) is 5.75 Å². The summed E-state index contributed by atoms with van der Waals surface area (Å²) in [6.45, 7) is -0.564. The minimum atomic E-state index is -0.792. The zero-order valence-electron chi connectivity index (χ0n) is 21.9. The van der Waals surface area contributed by atoms with Crippen LogP contribution in [0.25, 0.3) is 0 Å². The summed E-state index contributed by atoms with van der Waals surface area (Å²) in [5.41, 5.74) is 0.536. The molecular weight excluding hydrogens is 544 g/mol. The maximum atomic E-state index is 13.1. The highest BCUT2D eigenvalue weighted by Gasteiger charge is 2.59. The molecule has 42 heavy (non-hydrogen) atoms. The second-order valence-electron chi connectivity index (χ2n) is 10.3. The van der Waals surface area contributed by atoms with Crippen LogP contribution in [-0.4, -0.2) is 41.1 Å². The number of ketones is 1. The van der Waals surface area contributed by atoms with E-state index < -0.39 is 29.3 Å². The van der Waals surface area contributed by atoms with E-state index in [1.165, 1.54) is 60.7 Å². The van der Waals surface area contributed by atoms with Gasteiger partial charge in [0.1, 0.15) is 5.75 Å². The maximum Gasteiger partial charge on any atom is 0.343 e. The van der Waals surface area contributed by atoms with Crippen LogP contribution in [0, 0.1) is 33.8 Å². The van der Waals surface area contributed by atoms with E-state index in [4.69, 9.17) is 9.47 Å². The first kappa shape index (κ1) is 26.8. The van der Waals surface area contributed by atoms with Crippen LogP contribution >= 0.6 is 0 Å². The predicted octanol–water partition coefficient (Wildman–Crippen LogP) is 4.17. The van der Waals surface area contributed by atoms with Crippen molar-refractivity contribution in [1.82, 2.24) is 0 Å². The number of Topliss-reactive ketones (excluding diaryl/α,β-unsaturated/α-hetero) is 1. The number of carbonyl (C=O) groups is 5. The van der Waals surface area contributed by atoms with Crippen LogP contribution in [0.15, 0.2) is 84.9 Å². The average Bonchev–Trinajstić information content (AvgIpc) is 3.69. The lowest BCUT2D eigenvalue weighted by Crippen LogP contribution is -2.33. The third kappa shape index (κ3) is 4.74. The average molecular weight is 567 g/mol. The fraction of sp³-hybridized carbons (Fsp3) is 0.194. The Morgan fingerprint density at radius 1 is 0.810 bits per heavy atom. The number of nitro benzene ring substituents is 1. The van der Waals surface area contributed by atoms with E-state index in [1.807, 2.05) is 12.2 Å². The van der Waals surface area contributed by atoms with Gasteiger partial charge in [-0.1, -0.05) is 18.2 Å². The number of anilines is 1. The van der Waals surface area contributed by atoms with Gasteiger partial charge in [-0.15, -0.1) is 0 Å². The van der Waals surface area contributed by atoms with Crippen LogP contribution in [0.3, 0.4) is 0 Å². The molecule has 1 saturated carbocycles. The lowest BCUT2D eigenvalue weighted by molar-refractivity contribution is -0.384. The Balaban J connectivity index is 1.05. The number of benzene rings is 3. The molecule has 4 atom stereocenters. The number of carbonyl (C=O) groups excluding carboxylic acids is 5. The molecule has 2 amide bonds. The van der Waals surface area contributed by atoms with Crippen molar-refractivity contribution in [3.63, 3.8) is 0 Å². The van der Waals surface area contributed by atoms with Gasteiger partial charge < -0.3 is 9.47 Å². The minimum Gasteiger partial charge on any atom is -0.454 e. The summed E-state index contributed by atoms with van der Waals surface area (Å²) in [7, 11) is 0. The smallest absolute Gasteiger partial charge is 0.343 e. The molecule has 11 heteroatoms. The molecule has 6 rings (SSSR count). The summed E-state index contributed by atoms with van der Waals surface area (Å²) < 4.78 is 10.4. The Morgan fingerprint density at radius 2 is 1.43 bits per heavy atom. The number of rotatable bonds is 8. The van der Waals surface area contributed by atoms with E-state index in [2.05, 4.69) is 0 Å². The zero-order valence-corrected chi connectivity index (χ0v) is 21.9. The van der Waals surface area contributed by atoms with Gasteiger partial charge in [-0.3, -0.25) is 24.5 Å². The number of hydrogen-bond donors (Lipinski definition) is 0. The fourth-order valence-corrected chi connectivity index (χ4v) is 5.82. The number of allylic oxidation sites excluding steroid dienone is 2. The van der Waals surface area contributed by atoms with Crippen LogP contribution in [0.5, 0.6) is 5.75 Å². The number of esters is 2. The van der Waals surface area contributed by atoms with Crippen molar-refractivity contribution in [2.45, 2.75) is 6.42 Å². The van der Waals surface area contributed by atoms with Crippen molar-refractivity contribution < 1.29 is 38.4 Å². The molecule has 3 aromatic rings. The van der Waals surface area contributed by atoms with E-state index >= 15 is 0 Å². The van der Waals surface area contributed by atoms with E-state index in [-0.39, 0.29) is 63.6 Å². The number of ether oxygens (including phenoxy) is 2. The summed E-state index contributed by atoms with van der Waals surface area (Å²) in [4.78, 5) is 75.1. The Labute approximate surface area is 238 Å². The summed E-state index contributed by atoms with van der Waals surface area (Å²) >= 11 is 0. The summed E-state index contributed by atoms with van der Waals surface area (Å²) in [5, 5.41) is 10.8. The van der Waals surface area contributed by atoms with Gasteiger partial charge >= 0.3 is 11.9 Å². The Hall–Kier alpha value is -5.45. The van der Waals surface area contributed by atoms with Crippen LogP contribution in [-0.2, 0) is 14.3 Å². The molecule has 0 N–H and O–H groups in total. The second-order valence-corrected chi connectivity index (χ2v) is 10.3. The van der Waals surface area contributed by atoms with Crippen LogP contribution < -0.4 is 9.64 Å². The van der Waals surface area contributed by atoms with Gasteiger partial charge in [-0.05, 0) is 72.9 Å². The highest BCUT2D eigenvalue weighted by Crippen LogP contribution is 2.53. The molecule has 2 fully saturated rings. The molecule has 0 aromatic heterocycles. The molecule has 0 radical (unpaired) electrons. The molecule has 1 aliphatic heterocycles. The first-order valence-electron chi connectivity index (χ1n) is 13.1. The van der Waals surface area contributed by atoms with Crippen molar-refractivity contribution in [2.24, 2.45) is 23.7 Å². The summed E-state index contributed by atoms with van der Waals surface area (Å²) in [6.07, 6.45) is 4.83. The highest BCUT2D eigenvalue weighted by molar-refractivity contribution is 6.23. The Kier molecular flexibility index (Phi) is 6.69. The zero-order chi connectivity index (χ0) is 29.5. The van der Waals surface area contributed by atoms with E-state index in [0.717, 1.165) is 11.3 Å². The molecule has 1 heterocycles. The van der Waals surface area contributed by atoms with Crippen molar-refractivity contribution in [3.05, 3.63) is 112 Å². The Morgan fingerprint density at radius 3 is 2.05 bits per heavy atom. The standard InChI is InChI=1S/C31H22N2O9/c34-25(17-8-12-24(13-9-17)42-31(38)18-6-10-22(11-7-18)33(39)40)16-41-30(37)21-2-1-3-23(15-21)32-28(35)26-19-4-5-20(14-19)27(26)29(32)36/h1-13,15,19-20,26-27H,14,16H2. The number of fused-ring (bicyclic) bond motifs is 5. The van der Waals surface area contributed by atoms with Gasteiger partial charge in [0.15, 0.2) is 12.4 Å². The molecule has 3 aliphatic rings. The quantitative estimate of drug-likeness (QED) is 0.0744. The van der Waals surface area contributed by atoms with Gasteiger partial charge in [0.25, 0.3) is 5.69 Å². The topological polar surface area (TPSA) is 150 Å². The summed E-state index contributed by atoms with van der Waals surface area (Å²) in [6, 6.07) is 16.5. The predicted molar refractivity (Wildman–Crippen MR) is 146 cm³/mol. The monoisotopic (exact) mass is 566 g/mol. The van der Waals surface area contributed by atoms with Gasteiger partial charge in [-0.25, -0.2) is 14.5 Å². The van der Waals surface area contributed by atoms with Crippen LogP contribution in [0.4, 0.5) is 11.4 Å². The molecule has 11 nitrogen and oxygen atoms in total. The Bertz CT molecular complexity index is 1650. The first-order valence-corrected chi connectivity index (χ1v) is 13.1. The van der Waals surface area contributed by atoms with Gasteiger partial charge in [-0.2, -0.15) is 0 Å². The normalized spacial score (nSPS) is 21.8. The van der Waals surface area contributed by atoms with Crippen molar-refractivity contribution >= 4 is 40.9 Å². The molecule has 4 unspecified atom stereocenters. The molecule has 2 aliphatic carbocycles. The SMILES string of the molecule is O=C(COC(=O)c1cccc(N2C(=O)C3C4C=CC(C4)C3C2=O)c1)c1ccc(OC(=O)c2ccc([N+](=O)[O-])cc2)cc1. The lowest BCUT2D eigenvalue weighted by atomic mass is 9.85. The van der Waals surface area contributed by atoms with Gasteiger partial charge in [0, 0.05) is 17.7 Å². The highest BCUT2D eigenvalue weighted by atomic mass is 16.6. The third-order valence-corrected chi connectivity index (χ3v) is 7.85. The molecule has 210 valence electrons. The van der Waals surface area contributed by atoms with E-state index in [0.29, 0.717) is 5.69 Å². The summed E-state index contributed by atoms with van der Waals surface area (Å²) in [5.74, 6) is -3.00. The lowest BCUT2D eigenvalue weighted by Gasteiger charge is -2.18. The molecule has 1 saturated heterocycles. The van der Waals surface area contributed by atoms with Gasteiger partial charge in [0.05, 0.1) is 33.6 Å². The molecular formula is C31H22N2O9. The number of hydrogen-bond acceptors (Lipinski definition) is 9. The van der Waals surface area contributed by atoms with Crippen LogP contribution in [0.2, 0.25) is 0 Å². The number of nitrogens with zero attached hydrogens (tertiary/aromatic N) is 2. The van der Waals surface area contributed by atoms with Crippen LogP contribution in [0.1, 0.15) is 37.5 Å². The molecule has 0 spiro atoms. The maximum absolute atomic E-state index is 13.1. The third-order valence-electron chi connectivity index (χ3n) is 7.85. The first-order chi connectivity index (χ1) is 20.2. The molecule has 2 bridgehead atoms. The number of amides is 2. The van der Waals surface area contributed by atoms with E-state index in [1.54, 1.807) is 12.1 Å². The fourth-order valence-electron chi connectivity index (χ4n) is 5.82. The van der Waals surface area contributed by atoms with Crippen molar-refractivity contribution in [1.29, 1.82) is 0 Å². The van der Waals surface area contributed by atoms with E-state index in [9.17, 15) is 34.1 Å². The second kappa shape index (κ2) is 10.5. The number of non-ortho nitro benzene ring substituents is 1.